The molecular formula is C29H25ClINO4S. The van der Waals surface area contributed by atoms with Crippen molar-refractivity contribution in [1.82, 2.24) is 0 Å². The van der Waals surface area contributed by atoms with Gasteiger partial charge in [-0.3, -0.25) is 4.79 Å². The van der Waals surface area contributed by atoms with Crippen molar-refractivity contribution in [2.75, 3.05) is 5.32 Å². The summed E-state index contributed by atoms with van der Waals surface area (Å²) < 4.78 is 33.2. The van der Waals surface area contributed by atoms with Crippen LogP contribution in [0.25, 0.3) is 0 Å². The van der Waals surface area contributed by atoms with Crippen LogP contribution in [0.3, 0.4) is 0 Å². The molecule has 0 aromatic heterocycles. The van der Waals surface area contributed by atoms with Gasteiger partial charge in [0.15, 0.2) is 3.57 Å². The molecule has 0 amide bonds. The van der Waals surface area contributed by atoms with Gasteiger partial charge in [0.25, 0.3) is 3.58 Å². The molecule has 4 aromatic rings. The molecule has 4 rings (SSSR count). The lowest BCUT2D eigenvalue weighted by Crippen LogP contribution is -3.61. The van der Waals surface area contributed by atoms with E-state index >= 15 is 0 Å². The monoisotopic (exact) mass is 645 g/mol. The van der Waals surface area contributed by atoms with Gasteiger partial charge in [-0.15, -0.1) is 0 Å². The summed E-state index contributed by atoms with van der Waals surface area (Å²) in [4.78, 5) is 13.0. The molecule has 37 heavy (non-hydrogen) atoms. The number of hydrogen-bond donors (Lipinski definition) is 1. The Kier molecular flexibility index (Phi) is 10.5. The molecule has 0 radical (unpaired) electrons. The Morgan fingerprint density at radius 1 is 0.811 bits per heavy atom. The first kappa shape index (κ1) is 28.6. The molecule has 190 valence electrons. The second-order valence-electron chi connectivity index (χ2n) is 7.92. The molecule has 1 N–H and O–H groups in total. The quantitative estimate of drug-likeness (QED) is 0.143. The van der Waals surface area contributed by atoms with Crippen molar-refractivity contribution in [3.63, 3.8) is 0 Å². The summed E-state index contributed by atoms with van der Waals surface area (Å²) in [6.07, 6.45) is 0. The standard InChI is InChI=1S/C22H17ClINO.C7H8O3S/c1-16(25-20-14-12-18(23)13-15-20)21(24-19-10-6-3-7-11-19)22(26)17-8-4-2-5-9-17;1-6-2-4-7(5-3-6)11(8,9)10/h2-15H,1H3;2-5H,1H3,(H,8,9,10). The van der Waals surface area contributed by atoms with E-state index in [9.17, 15) is 17.8 Å². The number of Topliss-reactive ketones (excluding diaryl/α,β-unsaturated/α-hetero) is 1. The van der Waals surface area contributed by atoms with Crippen molar-refractivity contribution in [3.8, 4) is 0 Å². The van der Waals surface area contributed by atoms with Gasteiger partial charge in [0, 0.05) is 16.3 Å². The highest BCUT2D eigenvalue weighted by Gasteiger charge is 2.30. The number of ketones is 1. The fraction of sp³-hybridized carbons (Fsp3) is 0.0690. The van der Waals surface area contributed by atoms with E-state index in [1.165, 1.54) is 15.7 Å². The number of carbonyl (C=O) groups excluding carboxylic acids is 1. The van der Waals surface area contributed by atoms with Crippen LogP contribution in [-0.2, 0) is 10.1 Å². The molecule has 0 heterocycles. The number of anilines is 1. The number of carbonyl (C=O) groups is 1. The van der Waals surface area contributed by atoms with Crippen LogP contribution in [0.1, 0.15) is 22.8 Å². The number of benzene rings is 4. The average Bonchev–Trinajstić information content (AvgIpc) is 2.89. The molecule has 0 atom stereocenters. The minimum absolute atomic E-state index is 0.0845. The van der Waals surface area contributed by atoms with Crippen LogP contribution in [0.4, 0.5) is 5.69 Å². The van der Waals surface area contributed by atoms with E-state index in [-0.39, 0.29) is 10.7 Å². The summed E-state index contributed by atoms with van der Waals surface area (Å²) in [5.41, 5.74) is 3.45. The molecule has 8 heteroatoms. The third kappa shape index (κ3) is 9.12. The Morgan fingerprint density at radius 2 is 1.35 bits per heavy atom. The Labute approximate surface area is 233 Å². The summed E-state index contributed by atoms with van der Waals surface area (Å²) in [6, 6.07) is 32.9. The van der Waals surface area contributed by atoms with Gasteiger partial charge in [0.05, 0.1) is 10.6 Å². The second-order valence-corrected chi connectivity index (χ2v) is 12.6. The van der Waals surface area contributed by atoms with Gasteiger partial charge >= 0.3 is 21.2 Å². The summed E-state index contributed by atoms with van der Waals surface area (Å²) in [5.74, 6) is 0.0845. The maximum absolute atomic E-state index is 13.1. The van der Waals surface area contributed by atoms with Crippen molar-refractivity contribution < 1.29 is 39.0 Å². The lowest BCUT2D eigenvalue weighted by molar-refractivity contribution is -0.570. The van der Waals surface area contributed by atoms with E-state index in [0.29, 0.717) is 5.02 Å². The first-order valence-electron chi connectivity index (χ1n) is 11.2. The van der Waals surface area contributed by atoms with Gasteiger partial charge in [-0.1, -0.05) is 77.8 Å². The van der Waals surface area contributed by atoms with Crippen molar-refractivity contribution >= 4 is 33.2 Å². The molecule has 0 unspecified atom stereocenters. The van der Waals surface area contributed by atoms with Gasteiger partial charge < -0.3 is 9.87 Å². The molecule has 0 spiro atoms. The van der Waals surface area contributed by atoms with Crippen molar-refractivity contribution in [1.29, 1.82) is 0 Å². The van der Waals surface area contributed by atoms with E-state index < -0.39 is 31.3 Å². The van der Waals surface area contributed by atoms with E-state index in [1.807, 2.05) is 86.6 Å². The maximum atomic E-state index is 13.1. The van der Waals surface area contributed by atoms with Gasteiger partial charge in [0.1, 0.15) is 10.1 Å². The smallest absolute Gasteiger partial charge is 0.364 e. The summed E-state index contributed by atoms with van der Waals surface area (Å²) in [7, 11) is -4.27. The molecule has 4 aromatic carbocycles. The Balaban J connectivity index is 0.000000289. The fourth-order valence-corrected chi connectivity index (χ4v) is 6.19. The van der Waals surface area contributed by atoms with Gasteiger partial charge in [-0.2, -0.15) is 0 Å². The van der Waals surface area contributed by atoms with Crippen LogP contribution in [0.2, 0.25) is 5.02 Å². The zero-order valence-corrected chi connectivity index (χ0v) is 23.9. The molecule has 5 nitrogen and oxygen atoms in total. The average molecular weight is 646 g/mol. The predicted octanol–water partition coefficient (Wildman–Crippen LogP) is 3.72. The number of aryl methyl sites for hydroxylation is 1. The molecule has 0 saturated heterocycles. The zero-order valence-electron chi connectivity index (χ0n) is 20.2. The van der Waals surface area contributed by atoms with E-state index in [4.69, 9.17) is 11.6 Å². The summed E-state index contributed by atoms with van der Waals surface area (Å²) >= 11 is 5.35. The lowest BCUT2D eigenvalue weighted by atomic mass is 10.1. The number of halogens is 2. The normalized spacial score (nSPS) is 11.6. The maximum Gasteiger partial charge on any atom is 0.364 e. The summed E-state index contributed by atoms with van der Waals surface area (Å²) in [5, 5.41) is 4.06. The van der Waals surface area contributed by atoms with Crippen molar-refractivity contribution in [2.45, 2.75) is 18.7 Å². The van der Waals surface area contributed by atoms with Gasteiger partial charge in [0.2, 0.25) is 5.78 Å². The Hall–Kier alpha value is -2.98. The van der Waals surface area contributed by atoms with E-state index in [1.54, 1.807) is 12.1 Å². The van der Waals surface area contributed by atoms with Crippen LogP contribution in [0.5, 0.6) is 0 Å². The molecule has 0 aliphatic heterocycles. The molecule has 0 aliphatic carbocycles. The minimum Gasteiger partial charge on any atom is -0.744 e. The first-order chi connectivity index (χ1) is 17.6. The highest BCUT2D eigenvalue weighted by Crippen LogP contribution is 2.16. The third-order valence-electron chi connectivity index (χ3n) is 4.99. The highest BCUT2D eigenvalue weighted by atomic mass is 127. The molecule has 0 bridgehead atoms. The summed E-state index contributed by atoms with van der Waals surface area (Å²) in [6.45, 7) is 3.79. The van der Waals surface area contributed by atoms with Crippen LogP contribution in [0.15, 0.2) is 123 Å². The minimum atomic E-state index is -4.27. The van der Waals surface area contributed by atoms with Gasteiger partial charge in [-0.25, -0.2) is 8.42 Å². The van der Waals surface area contributed by atoms with E-state index in [2.05, 4.69) is 17.4 Å². The predicted molar refractivity (Wildman–Crippen MR) is 143 cm³/mol. The molecule has 0 fully saturated rings. The van der Waals surface area contributed by atoms with Crippen LogP contribution >= 0.6 is 11.6 Å². The topological polar surface area (TPSA) is 86.3 Å². The largest absolute Gasteiger partial charge is 0.744 e. The van der Waals surface area contributed by atoms with Crippen molar-refractivity contribution in [3.05, 3.63) is 138 Å². The molecule has 0 aliphatic rings. The third-order valence-corrected chi connectivity index (χ3v) is 9.27. The zero-order chi connectivity index (χ0) is 26.8. The lowest BCUT2D eigenvalue weighted by Gasteiger charge is -2.07. The van der Waals surface area contributed by atoms with Gasteiger partial charge in [-0.05, 0) is 62.4 Å². The number of hydrogen-bond acceptors (Lipinski definition) is 5. The number of nitrogens with one attached hydrogen (secondary N) is 1. The van der Waals surface area contributed by atoms with Crippen LogP contribution in [0, 0.1) is 10.5 Å². The Bertz CT molecular complexity index is 1460. The Morgan fingerprint density at radius 3 is 1.89 bits per heavy atom. The second kappa shape index (κ2) is 13.5. The molecular weight excluding hydrogens is 621 g/mol. The highest BCUT2D eigenvalue weighted by molar-refractivity contribution is 7.85. The number of rotatable bonds is 7. The first-order valence-corrected chi connectivity index (χ1v) is 15.1. The fourth-order valence-electron chi connectivity index (χ4n) is 3.10. The molecule has 0 saturated carbocycles. The van der Waals surface area contributed by atoms with Crippen LogP contribution < -0.4 is 26.5 Å². The number of allylic oxidation sites excluding steroid dienone is 2. The van der Waals surface area contributed by atoms with Crippen molar-refractivity contribution in [2.24, 2.45) is 0 Å². The SMILES string of the molecule is C/C(Nc1ccc(Cl)cc1)=C(\[I+]c1ccccc1)C(=O)c1ccccc1.Cc1ccc(S(=O)(=O)[O-])cc1. The van der Waals surface area contributed by atoms with Crippen LogP contribution in [-0.4, -0.2) is 18.8 Å². The van der Waals surface area contributed by atoms with E-state index in [0.717, 1.165) is 26.1 Å².